The normalized spacial score (nSPS) is 11.9. The molecule has 2 rings (SSSR count). The second-order valence-corrected chi connectivity index (χ2v) is 8.10. The van der Waals surface area contributed by atoms with E-state index in [1.807, 2.05) is 6.92 Å². The Morgan fingerprint density at radius 2 is 1.93 bits per heavy atom. The summed E-state index contributed by atoms with van der Waals surface area (Å²) in [4.78, 5) is 4.40. The zero-order valence-corrected chi connectivity index (χ0v) is 16.7. The van der Waals surface area contributed by atoms with E-state index >= 15 is 0 Å². The molecule has 0 bridgehead atoms. The Labute approximate surface area is 159 Å². The molecule has 7 nitrogen and oxygen atoms in total. The Balaban J connectivity index is 2.35. The minimum Gasteiger partial charge on any atom is -0.507 e. The van der Waals surface area contributed by atoms with Crippen molar-refractivity contribution in [2.75, 3.05) is 27.8 Å². The quantitative estimate of drug-likeness (QED) is 0.697. The monoisotopic (exact) mass is 392 g/mol. The molecule has 1 N–H and O–H groups in total. The van der Waals surface area contributed by atoms with Crippen molar-refractivity contribution >= 4 is 21.9 Å². The molecule has 146 valence electrons. The molecular formula is C19H24N2O5S. The van der Waals surface area contributed by atoms with Crippen LogP contribution in [0.25, 0.3) is 0 Å². The molecule has 0 atom stereocenters. The van der Waals surface area contributed by atoms with Crippen LogP contribution < -0.4 is 9.47 Å². The standard InChI is InChI=1S/C19H24N2O5S/c1-5-10-26-15-7-6-14(18(22)11-15)13-20-17-12-16(8-9-19(17)25-4)27(23,24)21(2)3/h6-9,11-13,22H,5,10H2,1-4H3. The number of rotatable bonds is 8. The van der Waals surface area contributed by atoms with Crippen LogP contribution in [0.15, 0.2) is 46.3 Å². The lowest BCUT2D eigenvalue weighted by Gasteiger charge is -2.13. The number of nitrogens with zero attached hydrogens (tertiary/aromatic N) is 2. The molecule has 0 unspecified atom stereocenters. The Morgan fingerprint density at radius 3 is 2.52 bits per heavy atom. The lowest BCUT2D eigenvalue weighted by Crippen LogP contribution is -2.22. The van der Waals surface area contributed by atoms with Crippen LogP contribution in [0, 0.1) is 0 Å². The minimum absolute atomic E-state index is 0.0170. The highest BCUT2D eigenvalue weighted by atomic mass is 32.2. The summed E-state index contributed by atoms with van der Waals surface area (Å²) in [6, 6.07) is 9.37. The topological polar surface area (TPSA) is 88.4 Å². The summed E-state index contributed by atoms with van der Waals surface area (Å²) in [5, 5.41) is 10.1. The molecule has 0 aromatic heterocycles. The molecule has 0 fully saturated rings. The number of benzene rings is 2. The molecule has 0 saturated heterocycles. The van der Waals surface area contributed by atoms with Gasteiger partial charge in [-0.2, -0.15) is 0 Å². The first kappa shape index (κ1) is 20.7. The summed E-state index contributed by atoms with van der Waals surface area (Å²) < 4.78 is 36.5. The van der Waals surface area contributed by atoms with E-state index in [9.17, 15) is 13.5 Å². The van der Waals surface area contributed by atoms with Gasteiger partial charge in [0.05, 0.1) is 18.6 Å². The SMILES string of the molecule is CCCOc1ccc(C=Nc2cc(S(=O)(=O)N(C)C)ccc2OC)c(O)c1. The van der Waals surface area contributed by atoms with Crippen LogP contribution >= 0.6 is 0 Å². The van der Waals surface area contributed by atoms with Gasteiger partial charge in [-0.15, -0.1) is 0 Å². The first-order valence-electron chi connectivity index (χ1n) is 8.40. The summed E-state index contributed by atoms with van der Waals surface area (Å²) in [6.45, 7) is 2.57. The summed E-state index contributed by atoms with van der Waals surface area (Å²) in [5.41, 5.74) is 0.813. The van der Waals surface area contributed by atoms with Gasteiger partial charge in [-0.05, 0) is 36.8 Å². The Bertz CT molecular complexity index is 924. The van der Waals surface area contributed by atoms with E-state index in [1.54, 1.807) is 18.2 Å². The van der Waals surface area contributed by atoms with Crippen LogP contribution in [0.5, 0.6) is 17.2 Å². The minimum atomic E-state index is -3.59. The smallest absolute Gasteiger partial charge is 0.242 e. The highest BCUT2D eigenvalue weighted by Crippen LogP contribution is 2.31. The van der Waals surface area contributed by atoms with Gasteiger partial charge in [-0.1, -0.05) is 6.92 Å². The molecule has 0 radical (unpaired) electrons. The summed E-state index contributed by atoms with van der Waals surface area (Å²) in [6.07, 6.45) is 2.32. The number of hydrogen-bond donors (Lipinski definition) is 1. The van der Waals surface area contributed by atoms with Gasteiger partial charge in [0.2, 0.25) is 10.0 Å². The van der Waals surface area contributed by atoms with Gasteiger partial charge in [-0.3, -0.25) is 4.99 Å². The number of phenolic OH excluding ortho intramolecular Hbond substituents is 1. The van der Waals surface area contributed by atoms with Crippen molar-refractivity contribution < 1.29 is 23.0 Å². The lowest BCUT2D eigenvalue weighted by molar-refractivity contribution is 0.315. The fourth-order valence-electron chi connectivity index (χ4n) is 2.22. The van der Waals surface area contributed by atoms with Crippen LogP contribution in [0.4, 0.5) is 5.69 Å². The van der Waals surface area contributed by atoms with Crippen molar-refractivity contribution in [3.63, 3.8) is 0 Å². The van der Waals surface area contributed by atoms with E-state index in [-0.39, 0.29) is 10.6 Å². The maximum atomic E-state index is 12.3. The third-order valence-corrected chi connectivity index (χ3v) is 5.56. The molecule has 0 spiro atoms. The second kappa shape index (κ2) is 8.88. The van der Waals surface area contributed by atoms with E-state index in [2.05, 4.69) is 4.99 Å². The predicted molar refractivity (Wildman–Crippen MR) is 105 cm³/mol. The largest absolute Gasteiger partial charge is 0.507 e. The zero-order valence-electron chi connectivity index (χ0n) is 15.8. The number of aromatic hydroxyl groups is 1. The van der Waals surface area contributed by atoms with Gasteiger partial charge < -0.3 is 14.6 Å². The van der Waals surface area contributed by atoms with Crippen molar-refractivity contribution in [2.24, 2.45) is 4.99 Å². The van der Waals surface area contributed by atoms with Gasteiger partial charge in [0.15, 0.2) is 0 Å². The predicted octanol–water partition coefficient (Wildman–Crippen LogP) is 3.19. The van der Waals surface area contributed by atoms with Gasteiger partial charge in [-0.25, -0.2) is 12.7 Å². The van der Waals surface area contributed by atoms with E-state index in [1.165, 1.54) is 45.6 Å². The number of methoxy groups -OCH3 is 1. The molecule has 0 aliphatic carbocycles. The van der Waals surface area contributed by atoms with Crippen LogP contribution in [0.1, 0.15) is 18.9 Å². The fraction of sp³-hybridized carbons (Fsp3) is 0.316. The molecule has 0 aliphatic rings. The first-order valence-corrected chi connectivity index (χ1v) is 9.84. The second-order valence-electron chi connectivity index (χ2n) is 5.95. The number of ether oxygens (including phenoxy) is 2. The van der Waals surface area contributed by atoms with Crippen molar-refractivity contribution in [3.8, 4) is 17.2 Å². The maximum Gasteiger partial charge on any atom is 0.242 e. The van der Waals surface area contributed by atoms with E-state index < -0.39 is 10.0 Å². The molecule has 27 heavy (non-hydrogen) atoms. The Morgan fingerprint density at radius 1 is 1.19 bits per heavy atom. The van der Waals surface area contributed by atoms with Crippen molar-refractivity contribution in [3.05, 3.63) is 42.0 Å². The number of aliphatic imine (C=N–C) groups is 1. The molecule has 0 heterocycles. The number of hydrogen-bond acceptors (Lipinski definition) is 6. The first-order chi connectivity index (χ1) is 12.8. The van der Waals surface area contributed by atoms with Gasteiger partial charge in [0.1, 0.15) is 22.9 Å². The number of sulfonamides is 1. The van der Waals surface area contributed by atoms with Crippen LogP contribution in [0.3, 0.4) is 0 Å². The summed E-state index contributed by atoms with van der Waals surface area (Å²) >= 11 is 0. The van der Waals surface area contributed by atoms with Crippen molar-refractivity contribution in [2.45, 2.75) is 18.2 Å². The van der Waals surface area contributed by atoms with Crippen LogP contribution in [0.2, 0.25) is 0 Å². The molecule has 0 saturated carbocycles. The third-order valence-electron chi connectivity index (χ3n) is 3.75. The summed E-state index contributed by atoms with van der Waals surface area (Å²) in [5.74, 6) is 1.01. The lowest BCUT2D eigenvalue weighted by atomic mass is 10.2. The molecule has 0 aliphatic heterocycles. The van der Waals surface area contributed by atoms with Crippen molar-refractivity contribution in [1.82, 2.24) is 4.31 Å². The van der Waals surface area contributed by atoms with Crippen LogP contribution in [-0.4, -0.2) is 51.9 Å². The summed E-state index contributed by atoms with van der Waals surface area (Å²) in [7, 11) is 0.808. The average molecular weight is 392 g/mol. The van der Waals surface area contributed by atoms with Gasteiger partial charge in [0, 0.05) is 31.9 Å². The van der Waals surface area contributed by atoms with E-state index in [4.69, 9.17) is 9.47 Å². The molecule has 2 aromatic rings. The van der Waals surface area contributed by atoms with Gasteiger partial charge >= 0.3 is 0 Å². The molecular weight excluding hydrogens is 368 g/mol. The van der Waals surface area contributed by atoms with E-state index in [0.29, 0.717) is 29.4 Å². The molecule has 0 amide bonds. The van der Waals surface area contributed by atoms with Gasteiger partial charge in [0.25, 0.3) is 0 Å². The Hall–Kier alpha value is -2.58. The highest BCUT2D eigenvalue weighted by Gasteiger charge is 2.18. The van der Waals surface area contributed by atoms with Crippen molar-refractivity contribution in [1.29, 1.82) is 0 Å². The number of phenols is 1. The molecule has 2 aromatic carbocycles. The highest BCUT2D eigenvalue weighted by molar-refractivity contribution is 7.89. The fourth-order valence-corrected chi connectivity index (χ4v) is 3.15. The third kappa shape index (κ3) is 4.99. The average Bonchev–Trinajstić information content (AvgIpc) is 2.65. The van der Waals surface area contributed by atoms with Crippen LogP contribution in [-0.2, 0) is 10.0 Å². The van der Waals surface area contributed by atoms with E-state index in [0.717, 1.165) is 10.7 Å². The Kier molecular flexibility index (Phi) is 6.81. The molecule has 8 heteroatoms. The maximum absolute atomic E-state index is 12.3. The zero-order chi connectivity index (χ0) is 20.0.